The van der Waals surface area contributed by atoms with Gasteiger partial charge in [0, 0.05) is 33.7 Å². The molecule has 0 radical (unpaired) electrons. The molecule has 0 aliphatic rings. The molecule has 5 heteroatoms. The molecule has 1 N–H and O–H groups in total. The molecule has 0 aliphatic heterocycles. The molecule has 23 heavy (non-hydrogen) atoms. The zero-order chi connectivity index (χ0) is 17.1. The van der Waals surface area contributed by atoms with Gasteiger partial charge in [0.2, 0.25) is 0 Å². The van der Waals surface area contributed by atoms with E-state index in [2.05, 4.69) is 53.3 Å². The lowest BCUT2D eigenvalue weighted by molar-refractivity contribution is 0.330. The first kappa shape index (κ1) is 19.3. The van der Waals surface area contributed by atoms with Crippen LogP contribution in [-0.2, 0) is 6.54 Å². The molecule has 1 aromatic carbocycles. The van der Waals surface area contributed by atoms with Crippen molar-refractivity contribution in [3.63, 3.8) is 0 Å². The molecule has 0 fully saturated rings. The van der Waals surface area contributed by atoms with Gasteiger partial charge in [0.25, 0.3) is 0 Å². The maximum atomic E-state index is 5.19. The highest BCUT2D eigenvalue weighted by atomic mass is 16.5. The van der Waals surface area contributed by atoms with Gasteiger partial charge in [-0.2, -0.15) is 0 Å². The first-order chi connectivity index (χ1) is 11.1. The Hall–Kier alpha value is -1.75. The molecule has 0 unspecified atom stereocenters. The first-order valence-electron chi connectivity index (χ1n) is 8.34. The lowest BCUT2D eigenvalue weighted by atomic mass is 10.2. The Labute approximate surface area is 141 Å². The van der Waals surface area contributed by atoms with Gasteiger partial charge in [0.15, 0.2) is 5.96 Å². The van der Waals surface area contributed by atoms with Crippen LogP contribution in [0, 0.1) is 0 Å². The number of guanidine groups is 1. The summed E-state index contributed by atoms with van der Waals surface area (Å²) in [5.74, 6) is 1.80. The van der Waals surface area contributed by atoms with Crippen LogP contribution in [0.25, 0.3) is 0 Å². The molecule has 0 atom stereocenters. The molecule has 5 nitrogen and oxygen atoms in total. The Bertz CT molecular complexity index is 459. The maximum Gasteiger partial charge on any atom is 0.193 e. The van der Waals surface area contributed by atoms with Crippen LogP contribution >= 0.6 is 0 Å². The van der Waals surface area contributed by atoms with Crippen molar-refractivity contribution in [2.75, 3.05) is 47.9 Å². The Balaban J connectivity index is 2.40. The molecule has 1 rings (SSSR count). The summed E-state index contributed by atoms with van der Waals surface area (Å²) in [5, 5.41) is 3.43. The van der Waals surface area contributed by atoms with Gasteiger partial charge in [-0.1, -0.05) is 25.5 Å². The smallest absolute Gasteiger partial charge is 0.193 e. The number of nitrogens with zero attached hydrogens (tertiary/aromatic N) is 3. The number of nitrogens with one attached hydrogen (secondary N) is 1. The Morgan fingerprint density at radius 3 is 2.43 bits per heavy atom. The Morgan fingerprint density at radius 1 is 1.17 bits per heavy atom. The van der Waals surface area contributed by atoms with E-state index in [9.17, 15) is 0 Å². The number of hydrogen-bond donors (Lipinski definition) is 1. The second-order valence-corrected chi connectivity index (χ2v) is 5.83. The number of methoxy groups -OCH3 is 1. The summed E-state index contributed by atoms with van der Waals surface area (Å²) < 4.78 is 5.19. The number of benzene rings is 1. The van der Waals surface area contributed by atoms with E-state index >= 15 is 0 Å². The molecule has 0 spiro atoms. The fourth-order valence-electron chi connectivity index (χ4n) is 2.36. The summed E-state index contributed by atoms with van der Waals surface area (Å²) in [6.07, 6.45) is 2.49. The highest BCUT2D eigenvalue weighted by molar-refractivity contribution is 5.79. The fraction of sp³-hybridized carbons (Fsp3) is 0.611. The lowest BCUT2D eigenvalue weighted by Gasteiger charge is -2.23. The highest BCUT2D eigenvalue weighted by Gasteiger charge is 2.07. The first-order valence-corrected chi connectivity index (χ1v) is 8.34. The van der Waals surface area contributed by atoms with Crippen molar-refractivity contribution < 1.29 is 4.74 Å². The van der Waals surface area contributed by atoms with Crippen molar-refractivity contribution in [3.8, 4) is 5.75 Å². The van der Waals surface area contributed by atoms with Crippen LogP contribution < -0.4 is 10.1 Å². The van der Waals surface area contributed by atoms with Gasteiger partial charge >= 0.3 is 0 Å². The van der Waals surface area contributed by atoms with E-state index in [1.54, 1.807) is 7.11 Å². The number of hydrogen-bond acceptors (Lipinski definition) is 3. The molecular weight excluding hydrogens is 288 g/mol. The summed E-state index contributed by atoms with van der Waals surface area (Å²) in [4.78, 5) is 8.85. The minimum absolute atomic E-state index is 0.815. The Kier molecular flexibility index (Phi) is 9.14. The largest absolute Gasteiger partial charge is 0.497 e. The second-order valence-electron chi connectivity index (χ2n) is 5.83. The van der Waals surface area contributed by atoms with E-state index in [4.69, 9.17) is 4.74 Å². The van der Waals surface area contributed by atoms with E-state index in [1.165, 1.54) is 18.4 Å². The summed E-state index contributed by atoms with van der Waals surface area (Å²) >= 11 is 0. The van der Waals surface area contributed by atoms with Crippen molar-refractivity contribution >= 4 is 5.96 Å². The molecule has 0 amide bonds. The SMILES string of the molecule is CCCCN(C)CCNC(=NC)N(C)Cc1ccc(OC)cc1. The highest BCUT2D eigenvalue weighted by Crippen LogP contribution is 2.12. The summed E-state index contributed by atoms with van der Waals surface area (Å²) in [6, 6.07) is 8.15. The third-order valence-corrected chi connectivity index (χ3v) is 3.82. The standard InChI is InChI=1S/C18H32N4O/c1-6-7-13-21(3)14-12-20-18(19-2)22(4)15-16-8-10-17(23-5)11-9-16/h8-11H,6-7,12-15H2,1-5H3,(H,19,20). The van der Waals surface area contributed by atoms with E-state index in [-0.39, 0.29) is 0 Å². The van der Waals surface area contributed by atoms with Crippen molar-refractivity contribution in [3.05, 3.63) is 29.8 Å². The lowest BCUT2D eigenvalue weighted by Crippen LogP contribution is -2.41. The van der Waals surface area contributed by atoms with Crippen molar-refractivity contribution in [1.82, 2.24) is 15.1 Å². The van der Waals surface area contributed by atoms with Crippen molar-refractivity contribution in [2.45, 2.75) is 26.3 Å². The van der Waals surface area contributed by atoms with Gasteiger partial charge in [-0.25, -0.2) is 0 Å². The quantitative estimate of drug-likeness (QED) is 0.560. The zero-order valence-corrected chi connectivity index (χ0v) is 15.3. The predicted molar refractivity (Wildman–Crippen MR) is 98.2 cm³/mol. The molecule has 0 aliphatic carbocycles. The number of rotatable bonds is 9. The van der Waals surface area contributed by atoms with Gasteiger partial charge in [0.05, 0.1) is 7.11 Å². The van der Waals surface area contributed by atoms with Crippen LogP contribution in [0.1, 0.15) is 25.3 Å². The van der Waals surface area contributed by atoms with Crippen molar-refractivity contribution in [1.29, 1.82) is 0 Å². The summed E-state index contributed by atoms with van der Waals surface area (Å²) in [7, 11) is 7.74. The predicted octanol–water partition coefficient (Wildman–Crippen LogP) is 2.43. The molecule has 0 aromatic heterocycles. The molecule has 0 heterocycles. The molecular formula is C18H32N4O. The van der Waals surface area contributed by atoms with E-state index in [0.29, 0.717) is 0 Å². The monoisotopic (exact) mass is 320 g/mol. The molecule has 130 valence electrons. The fourth-order valence-corrected chi connectivity index (χ4v) is 2.36. The van der Waals surface area contributed by atoms with Crippen LogP contribution in [0.2, 0.25) is 0 Å². The number of aliphatic imine (C=N–C) groups is 1. The van der Waals surface area contributed by atoms with Gasteiger partial charge in [-0.05, 0) is 37.7 Å². The molecule has 0 saturated carbocycles. The minimum atomic E-state index is 0.815. The molecule has 0 bridgehead atoms. The van der Waals surface area contributed by atoms with Gasteiger partial charge in [0.1, 0.15) is 5.75 Å². The van der Waals surface area contributed by atoms with Crippen molar-refractivity contribution in [2.24, 2.45) is 4.99 Å². The second kappa shape index (κ2) is 10.9. The third kappa shape index (κ3) is 7.37. The maximum absolute atomic E-state index is 5.19. The van der Waals surface area contributed by atoms with E-state index in [1.807, 2.05) is 19.2 Å². The minimum Gasteiger partial charge on any atom is -0.497 e. The van der Waals surface area contributed by atoms with Gasteiger partial charge in [-0.15, -0.1) is 0 Å². The van der Waals surface area contributed by atoms with Crippen LogP contribution in [0.15, 0.2) is 29.3 Å². The van der Waals surface area contributed by atoms with Crippen LogP contribution in [0.5, 0.6) is 5.75 Å². The summed E-state index contributed by atoms with van der Waals surface area (Å²) in [5.41, 5.74) is 1.23. The van der Waals surface area contributed by atoms with Gasteiger partial charge < -0.3 is 19.9 Å². The Morgan fingerprint density at radius 2 is 1.87 bits per heavy atom. The zero-order valence-electron chi connectivity index (χ0n) is 15.3. The topological polar surface area (TPSA) is 40.1 Å². The van der Waals surface area contributed by atoms with E-state index in [0.717, 1.165) is 37.9 Å². The molecule has 1 aromatic rings. The van der Waals surface area contributed by atoms with Crippen LogP contribution in [0.3, 0.4) is 0 Å². The molecule has 0 saturated heterocycles. The third-order valence-electron chi connectivity index (χ3n) is 3.82. The number of unbranched alkanes of at least 4 members (excludes halogenated alkanes) is 1. The van der Waals surface area contributed by atoms with Crippen LogP contribution in [0.4, 0.5) is 0 Å². The number of ether oxygens (including phenoxy) is 1. The van der Waals surface area contributed by atoms with Gasteiger partial charge in [-0.3, -0.25) is 4.99 Å². The average Bonchev–Trinajstić information content (AvgIpc) is 2.57. The van der Waals surface area contributed by atoms with Crippen LogP contribution in [-0.4, -0.2) is 63.6 Å². The average molecular weight is 320 g/mol. The normalized spacial score (nSPS) is 11.7. The van der Waals surface area contributed by atoms with E-state index < -0.39 is 0 Å². The summed E-state index contributed by atoms with van der Waals surface area (Å²) in [6.45, 7) is 6.12. The number of likely N-dealkylation sites (N-methyl/N-ethyl adjacent to an activating group) is 1.